The van der Waals surface area contributed by atoms with Crippen molar-refractivity contribution in [3.05, 3.63) is 35.4 Å². The van der Waals surface area contributed by atoms with Gasteiger partial charge in [-0.3, -0.25) is 9.59 Å². The molecule has 6 nitrogen and oxygen atoms in total. The molecule has 27 heavy (non-hydrogen) atoms. The Morgan fingerprint density at radius 1 is 1.15 bits per heavy atom. The van der Waals surface area contributed by atoms with Gasteiger partial charge < -0.3 is 10.1 Å². The number of thioether (sulfide) groups is 1. The maximum Gasteiger partial charge on any atom is 0.306 e. The second kappa shape index (κ2) is 9.85. The van der Waals surface area contributed by atoms with Crippen LogP contribution in [-0.2, 0) is 25.5 Å². The third kappa shape index (κ3) is 7.30. The van der Waals surface area contributed by atoms with Gasteiger partial charge in [0.05, 0.1) is 13.0 Å². The number of anilines is 1. The van der Waals surface area contributed by atoms with Gasteiger partial charge in [-0.2, -0.15) is 0 Å². The molecule has 0 aliphatic rings. The lowest BCUT2D eigenvalue weighted by atomic mass is 9.87. The first-order chi connectivity index (χ1) is 12.8. The standard InChI is InChI=1S/C19H25N3O3S2/c1-5-25-16(24)11-10-15(23)20-17-21-22-18(27-17)26-12-13-6-8-14(9-7-13)19(2,3)4/h6-9H,5,10-12H2,1-4H3,(H,20,21,23). The molecule has 2 aromatic rings. The minimum Gasteiger partial charge on any atom is -0.466 e. The number of rotatable bonds is 8. The summed E-state index contributed by atoms with van der Waals surface area (Å²) in [5, 5.41) is 11.2. The van der Waals surface area contributed by atoms with E-state index in [-0.39, 0.29) is 30.1 Å². The average molecular weight is 408 g/mol. The van der Waals surface area contributed by atoms with Crippen LogP contribution in [0.15, 0.2) is 28.6 Å². The molecule has 146 valence electrons. The van der Waals surface area contributed by atoms with Crippen molar-refractivity contribution in [2.24, 2.45) is 0 Å². The number of hydrogen-bond acceptors (Lipinski definition) is 7. The number of amides is 1. The highest BCUT2D eigenvalue weighted by Gasteiger charge is 2.14. The van der Waals surface area contributed by atoms with Gasteiger partial charge in [0.2, 0.25) is 11.0 Å². The summed E-state index contributed by atoms with van der Waals surface area (Å²) >= 11 is 2.90. The first-order valence-electron chi connectivity index (χ1n) is 8.79. The Bertz CT molecular complexity index is 767. The van der Waals surface area contributed by atoms with Crippen LogP contribution in [0.3, 0.4) is 0 Å². The third-order valence-electron chi connectivity index (χ3n) is 3.70. The number of nitrogens with zero attached hydrogens (tertiary/aromatic N) is 2. The minimum atomic E-state index is -0.376. The van der Waals surface area contributed by atoms with E-state index in [9.17, 15) is 9.59 Å². The van der Waals surface area contributed by atoms with Crippen molar-refractivity contribution in [3.8, 4) is 0 Å². The minimum absolute atomic E-state index is 0.0602. The highest BCUT2D eigenvalue weighted by atomic mass is 32.2. The zero-order valence-electron chi connectivity index (χ0n) is 16.1. The molecule has 0 saturated heterocycles. The van der Waals surface area contributed by atoms with Crippen LogP contribution in [-0.4, -0.2) is 28.7 Å². The van der Waals surface area contributed by atoms with E-state index in [4.69, 9.17) is 4.74 Å². The number of benzene rings is 1. The lowest BCUT2D eigenvalue weighted by molar-refractivity contribution is -0.144. The van der Waals surface area contributed by atoms with Gasteiger partial charge in [-0.15, -0.1) is 10.2 Å². The van der Waals surface area contributed by atoms with Crippen molar-refractivity contribution in [3.63, 3.8) is 0 Å². The molecule has 1 N–H and O–H groups in total. The molecule has 0 bridgehead atoms. The Morgan fingerprint density at radius 3 is 2.48 bits per heavy atom. The van der Waals surface area contributed by atoms with Crippen LogP contribution in [0.4, 0.5) is 5.13 Å². The van der Waals surface area contributed by atoms with E-state index >= 15 is 0 Å². The van der Waals surface area contributed by atoms with Crippen molar-refractivity contribution in [1.29, 1.82) is 0 Å². The van der Waals surface area contributed by atoms with Crippen LogP contribution >= 0.6 is 23.1 Å². The van der Waals surface area contributed by atoms with Gasteiger partial charge in [-0.25, -0.2) is 0 Å². The summed E-state index contributed by atoms with van der Waals surface area (Å²) < 4.78 is 5.59. The molecular weight excluding hydrogens is 382 g/mol. The van der Waals surface area contributed by atoms with Crippen LogP contribution < -0.4 is 5.32 Å². The number of esters is 1. The summed E-state index contributed by atoms with van der Waals surface area (Å²) in [4.78, 5) is 23.1. The summed E-state index contributed by atoms with van der Waals surface area (Å²) in [6, 6.07) is 8.58. The van der Waals surface area contributed by atoms with Crippen LogP contribution in [0.25, 0.3) is 0 Å². The lowest BCUT2D eigenvalue weighted by Crippen LogP contribution is -2.14. The van der Waals surface area contributed by atoms with E-state index in [1.165, 1.54) is 22.5 Å². The molecular formula is C19H25N3O3S2. The Hall–Kier alpha value is -1.93. The normalized spacial score (nSPS) is 11.3. The fourth-order valence-electron chi connectivity index (χ4n) is 2.20. The fourth-order valence-corrected chi connectivity index (χ4v) is 3.92. The van der Waals surface area contributed by atoms with Gasteiger partial charge in [-0.05, 0) is 23.5 Å². The van der Waals surface area contributed by atoms with E-state index < -0.39 is 0 Å². The smallest absolute Gasteiger partial charge is 0.306 e. The van der Waals surface area contributed by atoms with Gasteiger partial charge in [-0.1, -0.05) is 68.1 Å². The molecule has 0 aliphatic heterocycles. The van der Waals surface area contributed by atoms with Crippen molar-refractivity contribution in [2.45, 2.75) is 56.0 Å². The number of aromatic nitrogens is 2. The van der Waals surface area contributed by atoms with Gasteiger partial charge in [0.15, 0.2) is 4.34 Å². The van der Waals surface area contributed by atoms with Crippen molar-refractivity contribution in [1.82, 2.24) is 10.2 Å². The number of ether oxygens (including phenoxy) is 1. The number of carbonyl (C=O) groups excluding carboxylic acids is 2. The Kier molecular flexibility index (Phi) is 7.79. The third-order valence-corrected chi connectivity index (χ3v) is 5.74. The molecule has 1 aromatic carbocycles. The molecule has 0 unspecified atom stereocenters. The highest BCUT2D eigenvalue weighted by molar-refractivity contribution is 8.00. The van der Waals surface area contributed by atoms with E-state index in [1.807, 2.05) is 0 Å². The molecule has 1 heterocycles. The summed E-state index contributed by atoms with van der Waals surface area (Å²) in [6.45, 7) is 8.63. The molecule has 8 heteroatoms. The largest absolute Gasteiger partial charge is 0.466 e. The van der Waals surface area contributed by atoms with E-state index in [1.54, 1.807) is 18.7 Å². The maximum absolute atomic E-state index is 11.8. The quantitative estimate of drug-likeness (QED) is 0.397. The molecule has 1 amide bonds. The highest BCUT2D eigenvalue weighted by Crippen LogP contribution is 2.29. The van der Waals surface area contributed by atoms with Gasteiger partial charge in [0.25, 0.3) is 0 Å². The predicted molar refractivity (Wildman–Crippen MR) is 109 cm³/mol. The Morgan fingerprint density at radius 2 is 1.85 bits per heavy atom. The first kappa shape index (κ1) is 21.4. The van der Waals surface area contributed by atoms with E-state index in [0.29, 0.717) is 11.7 Å². The van der Waals surface area contributed by atoms with Crippen LogP contribution in [0.5, 0.6) is 0 Å². The molecule has 0 aliphatic carbocycles. The summed E-state index contributed by atoms with van der Waals surface area (Å²) in [6.07, 6.45) is 0.131. The zero-order valence-corrected chi connectivity index (χ0v) is 17.7. The van der Waals surface area contributed by atoms with Crippen LogP contribution in [0.1, 0.15) is 51.7 Å². The van der Waals surface area contributed by atoms with Gasteiger partial charge in [0.1, 0.15) is 0 Å². The van der Waals surface area contributed by atoms with Crippen molar-refractivity contribution >= 4 is 40.1 Å². The molecule has 0 radical (unpaired) electrons. The molecule has 0 fully saturated rings. The van der Waals surface area contributed by atoms with Gasteiger partial charge in [0, 0.05) is 12.2 Å². The number of nitrogens with one attached hydrogen (secondary N) is 1. The van der Waals surface area contributed by atoms with Crippen molar-refractivity contribution < 1.29 is 14.3 Å². The predicted octanol–water partition coefficient (Wildman–Crippen LogP) is 4.41. The average Bonchev–Trinajstić information content (AvgIpc) is 3.05. The van der Waals surface area contributed by atoms with Crippen LogP contribution in [0.2, 0.25) is 0 Å². The zero-order chi connectivity index (χ0) is 19.9. The Balaban J connectivity index is 1.80. The molecule has 0 saturated carbocycles. The van der Waals surface area contributed by atoms with Crippen molar-refractivity contribution in [2.75, 3.05) is 11.9 Å². The van der Waals surface area contributed by atoms with Crippen LogP contribution in [0, 0.1) is 0 Å². The lowest BCUT2D eigenvalue weighted by Gasteiger charge is -2.19. The summed E-state index contributed by atoms with van der Waals surface area (Å²) in [5.74, 6) is 0.141. The molecule has 0 spiro atoms. The van der Waals surface area contributed by atoms with E-state index in [0.717, 1.165) is 10.1 Å². The second-order valence-electron chi connectivity index (χ2n) is 6.96. The fraction of sp³-hybridized carbons (Fsp3) is 0.474. The Labute approximate surface area is 168 Å². The number of carbonyl (C=O) groups is 2. The number of hydrogen-bond donors (Lipinski definition) is 1. The van der Waals surface area contributed by atoms with E-state index in [2.05, 4.69) is 60.6 Å². The summed E-state index contributed by atoms with van der Waals surface area (Å²) in [7, 11) is 0. The maximum atomic E-state index is 11.8. The molecule has 1 aromatic heterocycles. The molecule has 0 atom stereocenters. The molecule has 2 rings (SSSR count). The topological polar surface area (TPSA) is 81.2 Å². The SMILES string of the molecule is CCOC(=O)CCC(=O)Nc1nnc(SCc2ccc(C(C)(C)C)cc2)s1. The second-order valence-corrected chi connectivity index (χ2v) is 9.16. The summed E-state index contributed by atoms with van der Waals surface area (Å²) in [5.41, 5.74) is 2.66. The monoisotopic (exact) mass is 407 g/mol. The first-order valence-corrected chi connectivity index (χ1v) is 10.6. The van der Waals surface area contributed by atoms with Gasteiger partial charge >= 0.3 is 5.97 Å².